The Morgan fingerprint density at radius 2 is 1.81 bits per heavy atom. The van der Waals surface area contributed by atoms with Crippen molar-refractivity contribution in [3.63, 3.8) is 0 Å². The molecule has 140 valence electrons. The summed E-state index contributed by atoms with van der Waals surface area (Å²) in [7, 11) is 0. The molecule has 1 aliphatic heterocycles. The quantitative estimate of drug-likeness (QED) is 0.882. The molecule has 1 aliphatic rings. The highest BCUT2D eigenvalue weighted by Crippen LogP contribution is 2.35. The van der Waals surface area contributed by atoms with Gasteiger partial charge in [-0.15, -0.1) is 0 Å². The number of ether oxygens (including phenoxy) is 2. The lowest BCUT2D eigenvalue weighted by atomic mass is 9.93. The molecular formula is C20H26N2O4. The zero-order valence-corrected chi connectivity index (χ0v) is 16.0. The number of carbonyl (C=O) groups is 1. The molecule has 3 rings (SSSR count). The second-order valence-corrected chi connectivity index (χ2v) is 7.09. The predicted octanol–water partition coefficient (Wildman–Crippen LogP) is 3.68. The fourth-order valence-corrected chi connectivity index (χ4v) is 3.41. The molecule has 0 saturated carbocycles. The number of hydrogen-bond acceptors (Lipinski definition) is 5. The van der Waals surface area contributed by atoms with Gasteiger partial charge in [0.15, 0.2) is 11.5 Å². The Labute approximate surface area is 153 Å². The Morgan fingerprint density at radius 3 is 2.42 bits per heavy atom. The second kappa shape index (κ2) is 7.40. The van der Waals surface area contributed by atoms with Gasteiger partial charge in [-0.2, -0.15) is 0 Å². The van der Waals surface area contributed by atoms with Crippen molar-refractivity contribution in [3.8, 4) is 11.5 Å². The SMILES string of the molecule is Cc1noc(C)c1C(C)C(=O)NC(c1ccc2c(c1)OCCO2)C(C)C. The molecule has 1 N–H and O–H groups in total. The number of aromatic nitrogens is 1. The van der Waals surface area contributed by atoms with Crippen LogP contribution in [0.15, 0.2) is 22.7 Å². The third-order valence-corrected chi connectivity index (χ3v) is 4.80. The molecule has 6 heteroatoms. The van der Waals surface area contributed by atoms with Crippen LogP contribution in [0.5, 0.6) is 11.5 Å². The number of nitrogens with one attached hydrogen (secondary N) is 1. The molecule has 1 amide bonds. The van der Waals surface area contributed by atoms with Gasteiger partial charge in [-0.1, -0.05) is 25.1 Å². The van der Waals surface area contributed by atoms with Crippen molar-refractivity contribution in [3.05, 3.63) is 40.8 Å². The molecule has 26 heavy (non-hydrogen) atoms. The summed E-state index contributed by atoms with van der Waals surface area (Å²) in [6.45, 7) is 10.8. The molecule has 2 atom stereocenters. The lowest BCUT2D eigenvalue weighted by Gasteiger charge is -2.26. The minimum Gasteiger partial charge on any atom is -0.486 e. The van der Waals surface area contributed by atoms with Crippen LogP contribution in [-0.2, 0) is 4.79 Å². The van der Waals surface area contributed by atoms with Gasteiger partial charge in [-0.3, -0.25) is 4.79 Å². The molecule has 2 unspecified atom stereocenters. The van der Waals surface area contributed by atoms with Gasteiger partial charge in [0.1, 0.15) is 19.0 Å². The molecule has 2 aromatic rings. The van der Waals surface area contributed by atoms with E-state index in [9.17, 15) is 4.79 Å². The highest BCUT2D eigenvalue weighted by atomic mass is 16.6. The van der Waals surface area contributed by atoms with E-state index < -0.39 is 0 Å². The largest absolute Gasteiger partial charge is 0.486 e. The maximum atomic E-state index is 12.9. The topological polar surface area (TPSA) is 73.6 Å². The summed E-state index contributed by atoms with van der Waals surface area (Å²) in [6.07, 6.45) is 0. The van der Waals surface area contributed by atoms with E-state index in [2.05, 4.69) is 24.3 Å². The number of carbonyl (C=O) groups excluding carboxylic acids is 1. The van der Waals surface area contributed by atoms with Crippen LogP contribution in [0.1, 0.15) is 55.3 Å². The summed E-state index contributed by atoms with van der Waals surface area (Å²) < 4.78 is 16.5. The molecule has 6 nitrogen and oxygen atoms in total. The highest BCUT2D eigenvalue weighted by molar-refractivity contribution is 5.84. The molecule has 0 radical (unpaired) electrons. The van der Waals surface area contributed by atoms with E-state index in [-0.39, 0.29) is 23.8 Å². The van der Waals surface area contributed by atoms with Crippen molar-refractivity contribution in [1.82, 2.24) is 10.5 Å². The van der Waals surface area contributed by atoms with E-state index in [4.69, 9.17) is 14.0 Å². The fourth-order valence-electron chi connectivity index (χ4n) is 3.41. The molecule has 2 heterocycles. The number of amides is 1. The molecule has 0 spiro atoms. The number of aryl methyl sites for hydroxylation is 2. The lowest BCUT2D eigenvalue weighted by molar-refractivity contribution is -0.123. The van der Waals surface area contributed by atoms with Crippen molar-refractivity contribution in [2.24, 2.45) is 5.92 Å². The van der Waals surface area contributed by atoms with Crippen LogP contribution in [0.2, 0.25) is 0 Å². The first-order valence-electron chi connectivity index (χ1n) is 9.01. The van der Waals surface area contributed by atoms with Gasteiger partial charge >= 0.3 is 0 Å². The monoisotopic (exact) mass is 358 g/mol. The van der Waals surface area contributed by atoms with Gasteiger partial charge in [-0.05, 0) is 44.4 Å². The van der Waals surface area contributed by atoms with Crippen LogP contribution >= 0.6 is 0 Å². The highest BCUT2D eigenvalue weighted by Gasteiger charge is 2.27. The van der Waals surface area contributed by atoms with Crippen molar-refractivity contribution < 1.29 is 18.8 Å². The molecule has 0 bridgehead atoms. The van der Waals surface area contributed by atoms with Crippen LogP contribution in [0.3, 0.4) is 0 Å². The van der Waals surface area contributed by atoms with E-state index in [0.29, 0.717) is 19.0 Å². The molecule has 0 aliphatic carbocycles. The average Bonchev–Trinajstić information content (AvgIpc) is 2.96. The van der Waals surface area contributed by atoms with E-state index >= 15 is 0 Å². The number of rotatable bonds is 5. The van der Waals surface area contributed by atoms with Crippen LogP contribution in [0.25, 0.3) is 0 Å². The third kappa shape index (κ3) is 3.54. The van der Waals surface area contributed by atoms with Gasteiger partial charge in [0, 0.05) is 5.56 Å². The van der Waals surface area contributed by atoms with Crippen molar-refractivity contribution in [2.75, 3.05) is 13.2 Å². The summed E-state index contributed by atoms with van der Waals surface area (Å²) in [4.78, 5) is 12.9. The smallest absolute Gasteiger partial charge is 0.227 e. The second-order valence-electron chi connectivity index (χ2n) is 7.09. The molecular weight excluding hydrogens is 332 g/mol. The van der Waals surface area contributed by atoms with Crippen molar-refractivity contribution in [1.29, 1.82) is 0 Å². The van der Waals surface area contributed by atoms with Gasteiger partial charge in [0.05, 0.1) is 17.7 Å². The van der Waals surface area contributed by atoms with E-state index in [1.165, 1.54) is 0 Å². The van der Waals surface area contributed by atoms with E-state index in [0.717, 1.165) is 28.3 Å². The third-order valence-electron chi connectivity index (χ3n) is 4.80. The number of nitrogens with zero attached hydrogens (tertiary/aromatic N) is 1. The Morgan fingerprint density at radius 1 is 1.12 bits per heavy atom. The van der Waals surface area contributed by atoms with Gasteiger partial charge in [0.2, 0.25) is 5.91 Å². The van der Waals surface area contributed by atoms with Crippen molar-refractivity contribution >= 4 is 5.91 Å². The normalized spacial score (nSPS) is 15.6. The number of hydrogen-bond donors (Lipinski definition) is 1. The van der Waals surface area contributed by atoms with Crippen molar-refractivity contribution in [2.45, 2.75) is 46.6 Å². The van der Waals surface area contributed by atoms with Crippen LogP contribution in [-0.4, -0.2) is 24.3 Å². The Hall–Kier alpha value is -2.50. The fraction of sp³-hybridized carbons (Fsp3) is 0.500. The maximum Gasteiger partial charge on any atom is 0.227 e. The van der Waals surface area contributed by atoms with E-state index in [1.807, 2.05) is 39.0 Å². The van der Waals surface area contributed by atoms with Crippen LogP contribution < -0.4 is 14.8 Å². The summed E-state index contributed by atoms with van der Waals surface area (Å²) in [5, 5.41) is 7.13. The summed E-state index contributed by atoms with van der Waals surface area (Å²) >= 11 is 0. The van der Waals surface area contributed by atoms with Gasteiger partial charge in [0.25, 0.3) is 0 Å². The van der Waals surface area contributed by atoms with Crippen LogP contribution in [0.4, 0.5) is 0 Å². The Balaban J connectivity index is 1.81. The van der Waals surface area contributed by atoms with Gasteiger partial charge in [-0.25, -0.2) is 0 Å². The minimum absolute atomic E-state index is 0.0482. The molecule has 0 saturated heterocycles. The Bertz CT molecular complexity index is 778. The molecule has 1 aromatic carbocycles. The Kier molecular flexibility index (Phi) is 5.20. The zero-order valence-electron chi connectivity index (χ0n) is 16.0. The standard InChI is InChI=1S/C20H26N2O4/c1-11(2)19(15-6-7-16-17(10-15)25-9-8-24-16)21-20(23)12(3)18-13(4)22-26-14(18)5/h6-7,10-12,19H,8-9H2,1-5H3,(H,21,23). The number of fused-ring (bicyclic) bond motifs is 1. The maximum absolute atomic E-state index is 12.9. The molecule has 1 aromatic heterocycles. The van der Waals surface area contributed by atoms with E-state index in [1.54, 1.807) is 0 Å². The summed E-state index contributed by atoms with van der Waals surface area (Å²) in [5.41, 5.74) is 2.61. The van der Waals surface area contributed by atoms with Crippen LogP contribution in [0, 0.1) is 19.8 Å². The first-order valence-corrected chi connectivity index (χ1v) is 9.01. The minimum atomic E-state index is -0.334. The summed E-state index contributed by atoms with van der Waals surface area (Å²) in [6, 6.07) is 5.73. The first kappa shape index (κ1) is 18.3. The number of benzene rings is 1. The van der Waals surface area contributed by atoms with Gasteiger partial charge < -0.3 is 19.3 Å². The average molecular weight is 358 g/mol. The lowest BCUT2D eigenvalue weighted by Crippen LogP contribution is -2.35. The molecule has 0 fully saturated rings. The summed E-state index contributed by atoms with van der Waals surface area (Å²) in [5.74, 6) is 2.00. The predicted molar refractivity (Wildman–Crippen MR) is 97.5 cm³/mol. The zero-order chi connectivity index (χ0) is 18.8. The first-order chi connectivity index (χ1) is 12.4.